The number of hydrogen-bond donors (Lipinski definition) is 21. The number of carboxylic acid groups (broad SMARTS) is 3. The number of carbonyl (C=O) groups excluding carboxylic acids is 14. The highest BCUT2D eigenvalue weighted by atomic mass is 16.4. The van der Waals surface area contributed by atoms with Gasteiger partial charge >= 0.3 is 17.9 Å². The number of nitrogens with two attached hydrogens (primary N) is 6. The lowest BCUT2D eigenvalue weighted by atomic mass is 10.0. The van der Waals surface area contributed by atoms with Crippen LogP contribution in [-0.2, 0) is 87.9 Å². The average molecular weight is 1520 g/mol. The van der Waals surface area contributed by atoms with E-state index in [0.29, 0.717) is 6.42 Å². The zero-order valence-corrected chi connectivity index (χ0v) is 60.8. The van der Waals surface area contributed by atoms with Crippen LogP contribution >= 0.6 is 0 Å². The molecule has 3 rings (SSSR count). The normalized spacial score (nSPS) is 17.1. The monoisotopic (exact) mass is 1520 g/mol. The zero-order valence-electron chi connectivity index (χ0n) is 60.8. The van der Waals surface area contributed by atoms with E-state index in [1.165, 1.54) is 24.3 Å². The number of rotatable bonds is 49. The van der Waals surface area contributed by atoms with Crippen molar-refractivity contribution < 1.29 is 102 Å². The summed E-state index contributed by atoms with van der Waals surface area (Å²) in [5.74, 6) is -18.8. The van der Waals surface area contributed by atoms with E-state index in [4.69, 9.17) is 34.4 Å². The number of likely N-dealkylation sites (tertiary alicyclic amines) is 2. The first kappa shape index (κ1) is 90.6. The molecule has 13 atom stereocenters. The molecule has 2 fully saturated rings. The van der Waals surface area contributed by atoms with Gasteiger partial charge in [-0.15, -0.1) is 0 Å². The van der Waals surface area contributed by atoms with Gasteiger partial charge in [0, 0.05) is 57.2 Å². The summed E-state index contributed by atoms with van der Waals surface area (Å²) in [5.41, 5.74) is 33.7. The van der Waals surface area contributed by atoms with E-state index in [9.17, 15) is 102 Å². The van der Waals surface area contributed by atoms with Crippen molar-refractivity contribution in [1.29, 1.82) is 0 Å². The fraction of sp³-hybridized carbons (Fsp3) is 0.677. The van der Waals surface area contributed by atoms with Crippen LogP contribution in [0.25, 0.3) is 0 Å². The largest absolute Gasteiger partial charge is 0.481 e. The van der Waals surface area contributed by atoms with Crippen molar-refractivity contribution in [3.63, 3.8) is 0 Å². The van der Waals surface area contributed by atoms with Crippen LogP contribution in [0.5, 0.6) is 0 Å². The molecule has 1 aromatic rings. The molecule has 598 valence electrons. The number of carbonyl (C=O) groups is 17. The van der Waals surface area contributed by atoms with E-state index in [-0.39, 0.29) is 121 Å². The second-order valence-corrected chi connectivity index (χ2v) is 27.1. The van der Waals surface area contributed by atoms with Crippen LogP contribution < -0.4 is 87.6 Å². The Morgan fingerprint density at radius 1 is 0.514 bits per heavy atom. The third-order valence-electron chi connectivity index (χ3n) is 17.3. The van der Waals surface area contributed by atoms with Crippen molar-refractivity contribution in [3.8, 4) is 0 Å². The summed E-state index contributed by atoms with van der Waals surface area (Å²) in [6.45, 7) is 7.11. The van der Waals surface area contributed by atoms with Crippen LogP contribution in [0.1, 0.15) is 156 Å². The van der Waals surface area contributed by atoms with Gasteiger partial charge in [-0.05, 0) is 115 Å². The number of hydrogen-bond acceptors (Lipinski definition) is 22. The third kappa shape index (κ3) is 31.9. The molecule has 0 unspecified atom stereocenters. The van der Waals surface area contributed by atoms with Crippen molar-refractivity contribution >= 4 is 107 Å². The maximum Gasteiger partial charge on any atom is 0.326 e. The van der Waals surface area contributed by atoms with E-state index in [1.807, 2.05) is 0 Å². The number of imidazole rings is 1. The van der Waals surface area contributed by atoms with Crippen LogP contribution in [0.2, 0.25) is 0 Å². The summed E-state index contributed by atoms with van der Waals surface area (Å²) in [6, 6.07) is -19.8. The smallest absolute Gasteiger partial charge is 0.326 e. The van der Waals surface area contributed by atoms with Gasteiger partial charge in [-0.3, -0.25) is 81.7 Å². The minimum atomic E-state index is -2.03. The molecule has 0 radical (unpaired) electrons. The molecular formula is C65H107N21O21. The number of amides is 14. The van der Waals surface area contributed by atoms with Gasteiger partial charge < -0.3 is 123 Å². The Hall–Kier alpha value is -10.6. The number of carboxylic acids is 3. The van der Waals surface area contributed by atoms with E-state index >= 15 is 0 Å². The summed E-state index contributed by atoms with van der Waals surface area (Å²) in [7, 11) is 0. The molecule has 0 spiro atoms. The number of aliphatic carboxylic acids is 3. The quantitative estimate of drug-likeness (QED) is 0.0164. The molecule has 2 aliphatic heterocycles. The van der Waals surface area contributed by atoms with E-state index in [0.717, 1.165) is 4.90 Å². The van der Waals surface area contributed by atoms with Crippen molar-refractivity contribution in [1.82, 2.24) is 72.9 Å². The maximum absolute atomic E-state index is 14.8. The molecule has 1 aromatic heterocycles. The number of aromatic nitrogens is 2. The van der Waals surface area contributed by atoms with E-state index in [1.54, 1.807) is 27.7 Å². The Morgan fingerprint density at radius 2 is 0.963 bits per heavy atom. The Bertz CT molecular complexity index is 3300. The van der Waals surface area contributed by atoms with Crippen LogP contribution in [-0.4, -0.2) is 258 Å². The minimum absolute atomic E-state index is 0.00796. The van der Waals surface area contributed by atoms with Gasteiger partial charge in [0.2, 0.25) is 82.7 Å². The van der Waals surface area contributed by atoms with Gasteiger partial charge in [0.25, 0.3) is 0 Å². The van der Waals surface area contributed by atoms with Gasteiger partial charge in [-0.1, -0.05) is 27.7 Å². The van der Waals surface area contributed by atoms with Crippen molar-refractivity contribution in [3.05, 3.63) is 18.2 Å². The average Bonchev–Trinajstić information content (AvgIpc) is 1.72. The highest BCUT2D eigenvalue weighted by Gasteiger charge is 2.44. The van der Waals surface area contributed by atoms with Gasteiger partial charge in [-0.25, -0.2) is 9.78 Å². The van der Waals surface area contributed by atoms with Crippen LogP contribution in [0.4, 0.5) is 0 Å². The second-order valence-electron chi connectivity index (χ2n) is 27.1. The number of aromatic amines is 1. The number of H-pyrrole nitrogens is 1. The molecule has 0 bridgehead atoms. The molecule has 2 saturated heterocycles. The molecule has 14 amide bonds. The Morgan fingerprint density at radius 3 is 1.46 bits per heavy atom. The molecule has 107 heavy (non-hydrogen) atoms. The van der Waals surface area contributed by atoms with Crippen molar-refractivity contribution in [2.45, 2.75) is 235 Å². The molecule has 0 saturated carbocycles. The van der Waals surface area contributed by atoms with Gasteiger partial charge in [-0.2, -0.15) is 0 Å². The van der Waals surface area contributed by atoms with E-state index < -0.39 is 230 Å². The number of guanidine groups is 1. The van der Waals surface area contributed by atoms with Gasteiger partial charge in [0.15, 0.2) is 5.96 Å². The molecule has 27 N–H and O–H groups in total. The zero-order chi connectivity index (χ0) is 80.4. The van der Waals surface area contributed by atoms with Gasteiger partial charge in [0.1, 0.15) is 72.5 Å². The topological polar surface area (TPSA) is 695 Å². The molecular weight excluding hydrogens is 1410 g/mol. The number of aliphatic hydroxyl groups excluding tert-OH is 1. The molecule has 3 heterocycles. The number of primary amides is 2. The molecule has 2 aliphatic rings. The summed E-state index contributed by atoms with van der Waals surface area (Å²) in [4.78, 5) is 241. The van der Waals surface area contributed by atoms with E-state index in [2.05, 4.69) is 68.1 Å². The van der Waals surface area contributed by atoms with Crippen LogP contribution in [0.15, 0.2) is 17.5 Å². The third-order valence-corrected chi connectivity index (χ3v) is 17.3. The predicted octanol–water partition coefficient (Wildman–Crippen LogP) is -7.65. The summed E-state index contributed by atoms with van der Waals surface area (Å²) >= 11 is 0. The Kier molecular flexibility index (Phi) is 38.6. The standard InChI is InChI=1S/C65H107N21O21/c1-32(2)25-36(67)53(95)76-39(17-20-50(90)91)55(97)78-38(15-18-48(68)88)56(98)81-42(26-33(3)4)57(99)83-44(28-51(92)93)59(101)82-43(27-35-29-72-31-74-35)58(100)77-37(12-8-22-73-65(70)71)54(96)79-40(11-6-7-21-66)62(104)85-23-10-14-47(85)61(103)84-45(30-87)63(105)86-24-9-13-46(86)60(102)75-34(5)52(94)80-41(64(106)107)16-19-49(69)89/h29,31-34,36-47,87H,6-28,30,66-67H2,1-5H3,(H2,68,88)(H2,69,89)(H,72,74)(H,75,102)(H,76,95)(H,77,100)(H,78,97)(H,79,96)(H,80,94)(H,81,98)(H,82,101)(H,83,99)(H,84,103)(H,90,91)(H,92,93)(H,106,107)(H4,70,71,73)/t34-,36-,37-,38-,39-,40-,41-,42-,43-,44-,45-,46-,47-/m0/s1. The van der Waals surface area contributed by atoms with Crippen LogP contribution in [0, 0.1) is 11.8 Å². The molecule has 0 aromatic carbocycles. The number of nitrogens with one attached hydrogen (secondary N) is 11. The lowest BCUT2D eigenvalue weighted by Gasteiger charge is -2.32. The molecule has 42 heteroatoms. The maximum atomic E-state index is 14.8. The van der Waals surface area contributed by atoms with Gasteiger partial charge in [0.05, 0.1) is 25.4 Å². The van der Waals surface area contributed by atoms with Crippen molar-refractivity contribution in [2.75, 3.05) is 32.8 Å². The summed E-state index contributed by atoms with van der Waals surface area (Å²) in [6.07, 6.45) is -0.994. The van der Waals surface area contributed by atoms with Crippen molar-refractivity contribution in [2.24, 2.45) is 51.2 Å². The Labute approximate surface area is 616 Å². The first-order valence-corrected chi connectivity index (χ1v) is 35.3. The highest BCUT2D eigenvalue weighted by molar-refractivity contribution is 6.01. The second kappa shape index (κ2) is 45.7. The SMILES string of the molecule is CC(C)C[C@H](NC(=O)[C@H](CCC(N)=O)NC(=O)[C@H](CCC(=O)O)NC(=O)[C@@H](N)CC(C)C)C(=O)N[C@@H](CC(=O)O)C(=O)N[C@@H](Cc1cnc[nH]1)C(=O)N[C@@H](CCCN=C(N)N)C(=O)N[C@@H](CCCCN)C(=O)N1CCC[C@H]1C(=O)N[C@@H](CO)C(=O)N1CCC[C@H]1C(=O)N[C@@H](C)C(=O)N[C@@H](CCC(N)=O)C(=O)O. The summed E-state index contributed by atoms with van der Waals surface area (Å²) in [5, 5.41) is 64.0. The molecule has 42 nitrogen and oxygen atoms in total. The fourth-order valence-corrected chi connectivity index (χ4v) is 11.7. The Balaban J connectivity index is 1.94. The first-order chi connectivity index (χ1) is 50.4. The molecule has 0 aliphatic carbocycles. The first-order valence-electron chi connectivity index (χ1n) is 35.3. The number of unbranched alkanes of at least 4 members (excludes halogenated alkanes) is 1. The number of aliphatic imine (C=N–C) groups is 1. The number of aliphatic hydroxyl groups is 1. The highest BCUT2D eigenvalue weighted by Crippen LogP contribution is 2.23. The lowest BCUT2D eigenvalue weighted by Crippen LogP contribution is -2.61. The van der Waals surface area contributed by atoms with Crippen LogP contribution in [0.3, 0.4) is 0 Å². The predicted molar refractivity (Wildman–Crippen MR) is 377 cm³/mol. The fourth-order valence-electron chi connectivity index (χ4n) is 11.7. The lowest BCUT2D eigenvalue weighted by molar-refractivity contribution is -0.145. The minimum Gasteiger partial charge on any atom is -0.481 e. The number of nitrogens with zero attached hydrogens (tertiary/aromatic N) is 4. The summed E-state index contributed by atoms with van der Waals surface area (Å²) < 4.78 is 0.